The molecule has 1 aliphatic rings. The Balaban J connectivity index is 1.89. The molecule has 1 unspecified atom stereocenters. The molecule has 0 bridgehead atoms. The van der Waals surface area contributed by atoms with Crippen LogP contribution in [0.4, 0.5) is 13.2 Å². The van der Waals surface area contributed by atoms with Gasteiger partial charge in [0.05, 0.1) is 20.5 Å². The summed E-state index contributed by atoms with van der Waals surface area (Å²) in [7, 11) is 2.91. The fourth-order valence-corrected chi connectivity index (χ4v) is 5.15. The zero-order valence-electron chi connectivity index (χ0n) is 24.3. The minimum Gasteiger partial charge on any atom is -0.498 e. The lowest BCUT2D eigenvalue weighted by Gasteiger charge is -2.31. The van der Waals surface area contributed by atoms with Gasteiger partial charge in [-0.2, -0.15) is 13.2 Å². The predicted octanol–water partition coefficient (Wildman–Crippen LogP) is 7.58. The van der Waals surface area contributed by atoms with E-state index in [2.05, 4.69) is 10.9 Å². The van der Waals surface area contributed by atoms with Crippen molar-refractivity contribution < 1.29 is 37.4 Å². The number of hydrogen-bond acceptors (Lipinski definition) is 7. The van der Waals surface area contributed by atoms with E-state index in [0.717, 1.165) is 31.5 Å². The van der Waals surface area contributed by atoms with E-state index in [0.29, 0.717) is 10.6 Å². The van der Waals surface area contributed by atoms with Gasteiger partial charge >= 0.3 is 6.18 Å². The number of rotatable bonds is 14. The van der Waals surface area contributed by atoms with E-state index in [-0.39, 0.29) is 29.8 Å². The van der Waals surface area contributed by atoms with Crippen LogP contribution in [0.5, 0.6) is 11.5 Å². The lowest BCUT2D eigenvalue weighted by Crippen LogP contribution is -2.32. The maximum atomic E-state index is 12.6. The molecular weight excluding hydrogens is 569 g/mol. The summed E-state index contributed by atoms with van der Waals surface area (Å²) in [5, 5.41) is 9.23. The highest BCUT2D eigenvalue weighted by atomic mass is 32.2. The van der Waals surface area contributed by atoms with Crippen molar-refractivity contribution in [2.24, 2.45) is 5.92 Å². The number of piperidine rings is 1. The number of methoxy groups -OCH3 is 2. The second-order valence-corrected chi connectivity index (χ2v) is 10.5. The molecular formula is C31H39F3N2O5S. The molecule has 0 aliphatic carbocycles. The number of allylic oxidation sites excluding steroid dienone is 10. The van der Waals surface area contributed by atoms with Gasteiger partial charge in [0, 0.05) is 29.5 Å². The van der Waals surface area contributed by atoms with Crippen molar-refractivity contribution >= 4 is 17.9 Å². The number of alkyl halides is 3. The number of benzene rings is 1. The lowest BCUT2D eigenvalue weighted by molar-refractivity contribution is -0.0925. The van der Waals surface area contributed by atoms with E-state index >= 15 is 0 Å². The molecule has 0 spiro atoms. The summed E-state index contributed by atoms with van der Waals surface area (Å²) in [5.74, 6) is -0.0584. The zero-order chi connectivity index (χ0) is 31.1. The Bertz CT molecular complexity index is 1200. The molecule has 230 valence electrons. The van der Waals surface area contributed by atoms with Gasteiger partial charge in [0.2, 0.25) is 0 Å². The summed E-state index contributed by atoms with van der Waals surface area (Å²) >= 11 is 1.41. The molecule has 7 nitrogen and oxygen atoms in total. The first-order valence-corrected chi connectivity index (χ1v) is 14.1. The highest BCUT2D eigenvalue weighted by molar-refractivity contribution is 7.97. The molecule has 42 heavy (non-hydrogen) atoms. The van der Waals surface area contributed by atoms with Gasteiger partial charge in [0.1, 0.15) is 11.7 Å². The second-order valence-electron chi connectivity index (χ2n) is 9.38. The number of carbonyl (C=O) groups excluding carboxylic acids is 1. The van der Waals surface area contributed by atoms with Crippen molar-refractivity contribution in [2.75, 3.05) is 27.3 Å². The van der Waals surface area contributed by atoms with Crippen molar-refractivity contribution in [3.05, 3.63) is 90.3 Å². The fourth-order valence-electron chi connectivity index (χ4n) is 4.07. The quantitative estimate of drug-likeness (QED) is 0.0563. The van der Waals surface area contributed by atoms with Crippen LogP contribution in [0.25, 0.3) is 0 Å². The summed E-state index contributed by atoms with van der Waals surface area (Å²) in [6.07, 6.45) is 13.1. The number of nitrogens with zero attached hydrogens (tertiary/aromatic N) is 1. The van der Waals surface area contributed by atoms with E-state index in [1.807, 2.05) is 44.2 Å². The maximum Gasteiger partial charge on any atom is 0.412 e. The third kappa shape index (κ3) is 10.8. The summed E-state index contributed by atoms with van der Waals surface area (Å²) < 4.78 is 56.4. The molecule has 1 saturated heterocycles. The van der Waals surface area contributed by atoms with Crippen molar-refractivity contribution in [1.29, 1.82) is 0 Å². The third-order valence-electron chi connectivity index (χ3n) is 6.43. The number of amides is 1. The van der Waals surface area contributed by atoms with Gasteiger partial charge in [-0.05, 0) is 63.3 Å². The average molecular weight is 609 g/mol. The summed E-state index contributed by atoms with van der Waals surface area (Å²) in [5.41, 5.74) is 2.08. The molecule has 1 atom stereocenters. The molecule has 0 saturated carbocycles. The Morgan fingerprint density at radius 1 is 1.19 bits per heavy atom. The van der Waals surface area contributed by atoms with Gasteiger partial charge in [-0.3, -0.25) is 10.0 Å². The van der Waals surface area contributed by atoms with E-state index in [1.54, 1.807) is 36.0 Å². The van der Waals surface area contributed by atoms with Crippen molar-refractivity contribution in [3.8, 4) is 11.5 Å². The van der Waals surface area contributed by atoms with Crippen LogP contribution in [0.3, 0.4) is 0 Å². The molecule has 1 aromatic carbocycles. The molecule has 0 radical (unpaired) electrons. The molecule has 1 amide bonds. The van der Waals surface area contributed by atoms with Crippen molar-refractivity contribution in [2.45, 2.75) is 50.3 Å². The highest BCUT2D eigenvalue weighted by Gasteiger charge is 2.30. The van der Waals surface area contributed by atoms with Crippen LogP contribution in [0.1, 0.15) is 43.5 Å². The van der Waals surface area contributed by atoms with E-state index in [4.69, 9.17) is 14.2 Å². The van der Waals surface area contributed by atoms with Crippen LogP contribution < -0.4 is 15.0 Å². The van der Waals surface area contributed by atoms with Gasteiger partial charge in [-0.1, -0.05) is 54.7 Å². The first-order chi connectivity index (χ1) is 20.0. The monoisotopic (exact) mass is 608 g/mol. The van der Waals surface area contributed by atoms with E-state index in [1.165, 1.54) is 32.2 Å². The van der Waals surface area contributed by atoms with Crippen LogP contribution >= 0.6 is 11.9 Å². The van der Waals surface area contributed by atoms with Crippen LogP contribution in [-0.4, -0.2) is 55.0 Å². The minimum absolute atomic E-state index is 0.00948. The third-order valence-corrected chi connectivity index (χ3v) is 7.59. The molecule has 1 heterocycles. The Labute approximate surface area is 250 Å². The van der Waals surface area contributed by atoms with Crippen molar-refractivity contribution in [3.63, 3.8) is 0 Å². The number of ether oxygens (including phenoxy) is 3. The fraction of sp³-hybridized carbons (Fsp3) is 0.387. The largest absolute Gasteiger partial charge is 0.498 e. The number of carbonyl (C=O) groups is 1. The van der Waals surface area contributed by atoms with Gasteiger partial charge in [-0.25, -0.2) is 9.79 Å². The summed E-state index contributed by atoms with van der Waals surface area (Å²) in [6, 6.07) is 3.47. The van der Waals surface area contributed by atoms with E-state index < -0.39 is 17.7 Å². The first kappa shape index (κ1) is 34.8. The average Bonchev–Trinajstić information content (AvgIpc) is 2.97. The van der Waals surface area contributed by atoms with Crippen LogP contribution in [-0.2, 0) is 4.74 Å². The Morgan fingerprint density at radius 3 is 2.50 bits per heavy atom. The van der Waals surface area contributed by atoms with Gasteiger partial charge in [0.15, 0.2) is 11.5 Å². The van der Waals surface area contributed by atoms with Gasteiger partial charge in [0.25, 0.3) is 5.91 Å². The number of nitrogens with one attached hydrogen (secondary N) is 1. The Hall–Kier alpha value is -3.41. The number of hydroxylamine groups is 1. The smallest absolute Gasteiger partial charge is 0.412 e. The Kier molecular flexibility index (Phi) is 14.5. The van der Waals surface area contributed by atoms with Gasteiger partial charge in [-0.15, -0.1) is 0 Å². The topological polar surface area (TPSA) is 80.3 Å². The minimum atomic E-state index is -4.38. The second kappa shape index (κ2) is 17.5. The SMILES string of the molecule is C=C(CC=C/C=C(\C)C(C=C/C=C/OC1CCN(Sc2ccc(OC)c(OC)c2C(=O)NO)CC1)/C=C\C)C(F)(F)F. The van der Waals surface area contributed by atoms with Crippen LogP contribution in [0.2, 0.25) is 0 Å². The normalized spacial score (nSPS) is 16.5. The van der Waals surface area contributed by atoms with Crippen LogP contribution in [0, 0.1) is 5.92 Å². The molecule has 1 aliphatic heterocycles. The molecule has 0 aromatic heterocycles. The summed E-state index contributed by atoms with van der Waals surface area (Å²) in [6.45, 7) is 8.36. The molecule has 2 rings (SSSR count). The van der Waals surface area contributed by atoms with E-state index in [9.17, 15) is 23.2 Å². The maximum absolute atomic E-state index is 12.6. The zero-order valence-corrected chi connectivity index (χ0v) is 25.1. The molecule has 1 fully saturated rings. The van der Waals surface area contributed by atoms with Gasteiger partial charge < -0.3 is 14.2 Å². The molecule has 1 aromatic rings. The molecule has 11 heteroatoms. The predicted molar refractivity (Wildman–Crippen MR) is 160 cm³/mol. The number of hydrogen-bond donors (Lipinski definition) is 2. The Morgan fingerprint density at radius 2 is 1.90 bits per heavy atom. The standard InChI is InChI=1S/C31H39F3N2O5S/c1-6-11-24(22(2)12-7-8-13-23(3)31(32,33)34)14-9-10-21-41-25-17-19-36(20-18-25)42-27-16-15-26(39-4)29(40-5)28(27)30(37)35-38/h6-12,14-16,21,24-25,38H,3,13,17-20H2,1-2,4-5H3,(H,35,37)/b8-7?,11-6-,14-9?,21-10+,22-12+. The highest BCUT2D eigenvalue weighted by Crippen LogP contribution is 2.39. The first-order valence-electron chi connectivity index (χ1n) is 13.4. The number of halogens is 3. The van der Waals surface area contributed by atoms with Crippen molar-refractivity contribution in [1.82, 2.24) is 9.79 Å². The van der Waals surface area contributed by atoms with Crippen LogP contribution in [0.15, 0.2) is 89.6 Å². The lowest BCUT2D eigenvalue weighted by atomic mass is 9.98. The molecule has 2 N–H and O–H groups in total. The summed E-state index contributed by atoms with van der Waals surface area (Å²) in [4.78, 5) is 13.0.